The number of urea groups is 1. The first kappa shape index (κ1) is 40.5. The van der Waals surface area contributed by atoms with Crippen LogP contribution in [0.25, 0.3) is 0 Å². The van der Waals surface area contributed by atoms with Crippen molar-refractivity contribution >= 4 is 35.4 Å². The smallest absolute Gasteiger partial charge is 0.352 e. The van der Waals surface area contributed by atoms with Gasteiger partial charge in [0.15, 0.2) is 0 Å². The van der Waals surface area contributed by atoms with Crippen LogP contribution in [0.15, 0.2) is 12.7 Å². The van der Waals surface area contributed by atoms with E-state index in [1.807, 2.05) is 13.8 Å². The van der Waals surface area contributed by atoms with Gasteiger partial charge in [0.1, 0.15) is 18.1 Å². The molecule has 0 bridgehead atoms. The molecule has 6 amide bonds. The lowest BCUT2D eigenvalue weighted by molar-refractivity contribution is -0.148. The number of carbonyl (C=O) groups is 6. The van der Waals surface area contributed by atoms with Gasteiger partial charge in [-0.15, -0.1) is 6.58 Å². The van der Waals surface area contributed by atoms with Crippen molar-refractivity contribution in [3.63, 3.8) is 0 Å². The Morgan fingerprint density at radius 3 is 1.92 bits per heavy atom. The van der Waals surface area contributed by atoms with Crippen molar-refractivity contribution in [3.8, 4) is 0 Å². The van der Waals surface area contributed by atoms with Crippen LogP contribution in [0, 0.1) is 28.1 Å². The molecule has 0 spiro atoms. The van der Waals surface area contributed by atoms with Crippen LogP contribution in [0.5, 0.6) is 0 Å². The fourth-order valence-electron chi connectivity index (χ4n) is 6.22. The summed E-state index contributed by atoms with van der Waals surface area (Å²) in [4.78, 5) is 80.9. The van der Waals surface area contributed by atoms with Crippen molar-refractivity contribution in [1.29, 1.82) is 0 Å². The Morgan fingerprint density at radius 1 is 0.896 bits per heavy atom. The van der Waals surface area contributed by atoms with Crippen LogP contribution in [-0.4, -0.2) is 89.8 Å². The average molecular weight is 687 g/mol. The van der Waals surface area contributed by atoms with Crippen LogP contribution in [0.3, 0.4) is 0 Å². The van der Waals surface area contributed by atoms with Gasteiger partial charge in [0.25, 0.3) is 5.91 Å². The van der Waals surface area contributed by atoms with Crippen molar-refractivity contribution in [1.82, 2.24) is 31.5 Å². The molecule has 1 saturated carbocycles. The highest BCUT2D eigenvalue weighted by atomic mass is 19.4. The van der Waals surface area contributed by atoms with E-state index in [2.05, 4.69) is 33.2 Å². The first-order valence-electron chi connectivity index (χ1n) is 16.2. The minimum atomic E-state index is -4.66. The zero-order valence-corrected chi connectivity index (χ0v) is 29.7. The van der Waals surface area contributed by atoms with Crippen LogP contribution in [0.1, 0.15) is 82.1 Å². The van der Waals surface area contributed by atoms with Crippen LogP contribution < -0.4 is 26.6 Å². The van der Waals surface area contributed by atoms with E-state index in [0.717, 1.165) is 0 Å². The summed E-state index contributed by atoms with van der Waals surface area (Å²) in [6.07, 6.45) is -5.68. The van der Waals surface area contributed by atoms with Gasteiger partial charge in [-0.2, -0.15) is 13.2 Å². The third kappa shape index (κ3) is 10.2. The van der Waals surface area contributed by atoms with Crippen molar-refractivity contribution in [2.75, 3.05) is 13.1 Å². The van der Waals surface area contributed by atoms with Gasteiger partial charge in [-0.25, -0.2) is 4.79 Å². The van der Waals surface area contributed by atoms with Gasteiger partial charge in [0.2, 0.25) is 23.5 Å². The molecule has 1 heterocycles. The molecule has 5 N–H and O–H groups in total. The first-order chi connectivity index (χ1) is 21.7. The summed E-state index contributed by atoms with van der Waals surface area (Å²) >= 11 is 0. The summed E-state index contributed by atoms with van der Waals surface area (Å²) in [5.41, 5.74) is -1.97. The molecular formula is C33H53F3N6O6. The van der Waals surface area contributed by atoms with Crippen molar-refractivity contribution in [2.24, 2.45) is 28.1 Å². The lowest BCUT2D eigenvalue weighted by atomic mass is 9.84. The standard InChI is InChI=1S/C33H53F3N6O6/c1-12-15-37-26(45)22(43)19(13-14-33(34,35)36)39-25(44)21-20-18(32(20,10)11)16-42(21)28(47)24(31(7,8)9)41-29(48)40-23(30(4,5)6)27(46)38-17(2)3/h12,17-21,23-24H,1,13-16H2,2-11H3,(H,37,45)(H,38,46)(H,39,44)(H2,40,41,48)/t18-,19?,20-,21-,23+,24+/m0/s1. The number of halogens is 3. The number of alkyl halides is 3. The third-order valence-corrected chi connectivity index (χ3v) is 8.96. The number of piperidine rings is 1. The summed E-state index contributed by atoms with van der Waals surface area (Å²) in [6, 6.07) is -6.08. The summed E-state index contributed by atoms with van der Waals surface area (Å²) < 4.78 is 39.5. The largest absolute Gasteiger partial charge is 0.389 e. The van der Waals surface area contributed by atoms with Gasteiger partial charge in [-0.3, -0.25) is 24.0 Å². The second-order valence-corrected chi connectivity index (χ2v) is 15.8. The minimum absolute atomic E-state index is 0.110. The molecule has 48 heavy (non-hydrogen) atoms. The quantitative estimate of drug-likeness (QED) is 0.148. The van der Waals surface area contributed by atoms with Gasteiger partial charge in [0, 0.05) is 25.6 Å². The molecular weight excluding hydrogens is 633 g/mol. The molecule has 0 aromatic rings. The molecule has 1 saturated heterocycles. The molecule has 1 unspecified atom stereocenters. The maximum Gasteiger partial charge on any atom is 0.389 e. The molecule has 6 atom stereocenters. The maximum atomic E-state index is 14.2. The van der Waals surface area contributed by atoms with E-state index in [0.29, 0.717) is 0 Å². The number of carbonyl (C=O) groups excluding carboxylic acids is 6. The lowest BCUT2D eigenvalue weighted by Crippen LogP contribution is -2.63. The number of ketones is 1. The number of nitrogens with zero attached hydrogens (tertiary/aromatic N) is 1. The van der Waals surface area contributed by atoms with Crippen LogP contribution in [0.2, 0.25) is 0 Å². The van der Waals surface area contributed by atoms with Gasteiger partial charge < -0.3 is 31.5 Å². The molecule has 0 radical (unpaired) electrons. The predicted molar refractivity (Wildman–Crippen MR) is 173 cm³/mol. The SMILES string of the molecule is C=CCNC(=O)C(=O)C(CCC(F)(F)F)NC(=O)[C@@H]1[C@@H]2[C@H](CN1C(=O)[C@@H](NC(=O)N[C@H](C(=O)NC(C)C)C(C)(C)C)C(C)(C)C)C2(C)C. The van der Waals surface area contributed by atoms with Crippen LogP contribution in [-0.2, 0) is 24.0 Å². The Balaban J connectivity index is 2.38. The number of rotatable bonds is 13. The van der Waals surface area contributed by atoms with Crippen LogP contribution in [0.4, 0.5) is 18.0 Å². The van der Waals surface area contributed by atoms with Gasteiger partial charge >= 0.3 is 12.2 Å². The molecule has 1 aliphatic carbocycles. The number of likely N-dealkylation sites (tertiary alicyclic amines) is 1. The highest BCUT2D eigenvalue weighted by Crippen LogP contribution is 2.65. The Hall–Kier alpha value is -3.65. The second kappa shape index (κ2) is 14.9. The van der Waals surface area contributed by atoms with Crippen molar-refractivity contribution < 1.29 is 41.9 Å². The number of amides is 6. The first-order valence-corrected chi connectivity index (χ1v) is 16.2. The maximum absolute atomic E-state index is 14.2. The summed E-state index contributed by atoms with van der Waals surface area (Å²) in [6.45, 7) is 21.3. The fourth-order valence-corrected chi connectivity index (χ4v) is 6.22. The number of Topliss-reactive ketones (excluding diaryl/α,β-unsaturated/α-hetero) is 1. The van der Waals surface area contributed by atoms with E-state index >= 15 is 0 Å². The summed E-state index contributed by atoms with van der Waals surface area (Å²) in [5, 5.41) is 12.7. The van der Waals surface area contributed by atoms with Crippen molar-refractivity contribution in [2.45, 2.75) is 118 Å². The average Bonchev–Trinajstić information content (AvgIpc) is 3.25. The number of hydrogen-bond acceptors (Lipinski definition) is 6. The van der Waals surface area contributed by atoms with E-state index in [9.17, 15) is 41.9 Å². The highest BCUT2D eigenvalue weighted by molar-refractivity contribution is 6.38. The highest BCUT2D eigenvalue weighted by Gasteiger charge is 2.70. The Labute approximate surface area is 281 Å². The zero-order chi connectivity index (χ0) is 37.2. The summed E-state index contributed by atoms with van der Waals surface area (Å²) in [5.74, 6) is -4.82. The number of hydrogen-bond donors (Lipinski definition) is 5. The van der Waals surface area contributed by atoms with Gasteiger partial charge in [-0.05, 0) is 48.3 Å². The number of nitrogens with one attached hydrogen (secondary N) is 5. The van der Waals surface area contributed by atoms with Crippen molar-refractivity contribution in [3.05, 3.63) is 12.7 Å². The Kier molecular flexibility index (Phi) is 12.5. The topological polar surface area (TPSA) is 166 Å². The monoisotopic (exact) mass is 686 g/mol. The molecule has 15 heteroatoms. The molecule has 2 rings (SSSR count). The molecule has 2 fully saturated rings. The van der Waals surface area contributed by atoms with E-state index in [1.54, 1.807) is 55.4 Å². The zero-order valence-electron chi connectivity index (χ0n) is 29.7. The second-order valence-electron chi connectivity index (χ2n) is 15.8. The van der Waals surface area contributed by atoms with Gasteiger partial charge in [-0.1, -0.05) is 61.5 Å². The minimum Gasteiger partial charge on any atom is -0.352 e. The lowest BCUT2D eigenvalue weighted by Gasteiger charge is -2.38. The summed E-state index contributed by atoms with van der Waals surface area (Å²) in [7, 11) is 0. The Morgan fingerprint density at radius 2 is 1.44 bits per heavy atom. The van der Waals surface area contributed by atoms with E-state index in [-0.39, 0.29) is 31.0 Å². The van der Waals surface area contributed by atoms with E-state index in [1.165, 1.54) is 11.0 Å². The van der Waals surface area contributed by atoms with Crippen LogP contribution >= 0.6 is 0 Å². The Bertz CT molecular complexity index is 1270. The molecule has 0 aromatic carbocycles. The molecule has 12 nitrogen and oxygen atoms in total. The predicted octanol–water partition coefficient (Wildman–Crippen LogP) is 2.82. The van der Waals surface area contributed by atoms with E-state index < -0.39 is 94.9 Å². The molecule has 1 aliphatic heterocycles. The number of fused-ring (bicyclic) bond motifs is 1. The molecule has 272 valence electrons. The van der Waals surface area contributed by atoms with Gasteiger partial charge in [0.05, 0.1) is 6.04 Å². The normalized spacial score (nSPS) is 22.0. The van der Waals surface area contributed by atoms with E-state index in [4.69, 9.17) is 0 Å². The third-order valence-electron chi connectivity index (χ3n) is 8.96. The fraction of sp³-hybridized carbons (Fsp3) is 0.758. The molecule has 2 aliphatic rings. The molecule has 0 aromatic heterocycles.